The van der Waals surface area contributed by atoms with E-state index in [0.29, 0.717) is 16.3 Å². The summed E-state index contributed by atoms with van der Waals surface area (Å²) in [5.74, 6) is 0. The molecule has 0 saturated carbocycles. The van der Waals surface area contributed by atoms with Gasteiger partial charge >= 0.3 is 0 Å². The Morgan fingerprint density at radius 1 is 1.20 bits per heavy atom. The van der Waals surface area contributed by atoms with Crippen LogP contribution in [0.25, 0.3) is 0 Å². The van der Waals surface area contributed by atoms with Gasteiger partial charge in [-0.15, -0.1) is 0 Å². The van der Waals surface area contributed by atoms with Crippen molar-refractivity contribution in [1.82, 2.24) is 0 Å². The maximum Gasteiger partial charge on any atom is 0.278 e. The summed E-state index contributed by atoms with van der Waals surface area (Å²) in [5.41, 5.74) is 4.65. The molecule has 0 aliphatic rings. The van der Waals surface area contributed by atoms with Crippen molar-refractivity contribution in [3.63, 3.8) is 0 Å². The molecule has 5 nitrogen and oxygen atoms in total. The highest BCUT2D eigenvalue weighted by atomic mass is 35.5. The molecule has 0 heterocycles. The van der Waals surface area contributed by atoms with Gasteiger partial charge in [0.2, 0.25) is 0 Å². The van der Waals surface area contributed by atoms with Gasteiger partial charge in [-0.1, -0.05) is 23.7 Å². The second-order valence-corrected chi connectivity index (χ2v) is 4.53. The van der Waals surface area contributed by atoms with E-state index in [9.17, 15) is 10.1 Å². The average Bonchev–Trinajstić information content (AvgIpc) is 2.46. The van der Waals surface area contributed by atoms with Crippen molar-refractivity contribution in [3.05, 3.63) is 69.2 Å². The fourth-order valence-corrected chi connectivity index (χ4v) is 1.80. The van der Waals surface area contributed by atoms with Gasteiger partial charge in [0.05, 0.1) is 21.9 Å². The predicted molar refractivity (Wildman–Crippen MR) is 80.4 cm³/mol. The molecule has 0 atom stereocenters. The third kappa shape index (κ3) is 3.33. The summed E-state index contributed by atoms with van der Waals surface area (Å²) >= 11 is 5.79. The maximum absolute atomic E-state index is 11.0. The predicted octanol–water partition coefficient (Wildman–Crippen LogP) is 4.08. The molecule has 6 heteroatoms. The summed E-state index contributed by atoms with van der Waals surface area (Å²) in [6.45, 7) is 1.71. The highest BCUT2D eigenvalue weighted by molar-refractivity contribution is 6.30. The first-order valence-electron chi connectivity index (χ1n) is 5.87. The van der Waals surface area contributed by atoms with Crippen molar-refractivity contribution in [2.24, 2.45) is 5.10 Å². The number of para-hydroxylation sites is 1. The highest BCUT2D eigenvalue weighted by Gasteiger charge is 2.14. The molecular formula is C14H12ClN3O2. The van der Waals surface area contributed by atoms with E-state index in [4.69, 9.17) is 11.6 Å². The molecule has 0 aliphatic carbocycles. The van der Waals surface area contributed by atoms with E-state index in [-0.39, 0.29) is 5.69 Å². The van der Waals surface area contributed by atoms with Crippen LogP contribution in [0.15, 0.2) is 53.6 Å². The number of nitrogens with one attached hydrogen (secondary N) is 1. The maximum atomic E-state index is 11.0. The lowest BCUT2D eigenvalue weighted by Gasteiger charge is -2.04. The van der Waals surface area contributed by atoms with Crippen LogP contribution in [0.3, 0.4) is 0 Å². The second kappa shape index (κ2) is 6.16. The molecule has 0 aromatic heterocycles. The Hall–Kier alpha value is -2.40. The highest BCUT2D eigenvalue weighted by Crippen LogP contribution is 2.19. The lowest BCUT2D eigenvalue weighted by Crippen LogP contribution is -2.03. The smallest absolute Gasteiger partial charge is 0.278 e. The van der Waals surface area contributed by atoms with Crippen molar-refractivity contribution < 1.29 is 4.92 Å². The van der Waals surface area contributed by atoms with Gasteiger partial charge in [-0.05, 0) is 37.3 Å². The Labute approximate surface area is 121 Å². The largest absolute Gasteiger partial charge is 0.278 e. The van der Waals surface area contributed by atoms with Gasteiger partial charge in [0, 0.05) is 11.1 Å². The van der Waals surface area contributed by atoms with Crippen LogP contribution < -0.4 is 5.43 Å². The Morgan fingerprint density at radius 2 is 1.85 bits per heavy atom. The van der Waals surface area contributed by atoms with Gasteiger partial charge in [0.15, 0.2) is 0 Å². The Kier molecular flexibility index (Phi) is 4.32. The number of benzene rings is 2. The molecule has 0 saturated heterocycles. The molecule has 0 radical (unpaired) electrons. The minimum absolute atomic E-state index is 0.0339. The van der Waals surface area contributed by atoms with Gasteiger partial charge in [-0.25, -0.2) is 0 Å². The molecule has 0 bridgehead atoms. The molecular weight excluding hydrogens is 278 g/mol. The van der Waals surface area contributed by atoms with Crippen molar-refractivity contribution in [3.8, 4) is 0 Å². The zero-order chi connectivity index (χ0) is 14.5. The third-order valence-electron chi connectivity index (χ3n) is 2.69. The van der Waals surface area contributed by atoms with Crippen LogP contribution in [-0.2, 0) is 0 Å². The molecule has 102 valence electrons. The van der Waals surface area contributed by atoms with Crippen LogP contribution >= 0.6 is 11.6 Å². The molecule has 2 aromatic rings. The number of nitro groups is 1. The first-order chi connectivity index (χ1) is 9.58. The number of hydrogen-bond acceptors (Lipinski definition) is 4. The zero-order valence-corrected chi connectivity index (χ0v) is 11.5. The number of hydrazone groups is 1. The van der Waals surface area contributed by atoms with Gasteiger partial charge in [-0.2, -0.15) is 5.10 Å². The van der Waals surface area contributed by atoms with Crippen molar-refractivity contribution in [2.45, 2.75) is 6.92 Å². The molecule has 2 aromatic carbocycles. The SMILES string of the molecule is C/C(=N/Nc1ccc(Cl)cc1)c1ccccc1[N+](=O)[O-]. The van der Waals surface area contributed by atoms with E-state index in [1.54, 1.807) is 49.4 Å². The summed E-state index contributed by atoms with van der Waals surface area (Å²) in [7, 11) is 0. The van der Waals surface area contributed by atoms with Gasteiger partial charge < -0.3 is 0 Å². The summed E-state index contributed by atoms with van der Waals surface area (Å²) < 4.78 is 0. The van der Waals surface area contributed by atoms with Gasteiger partial charge in [-0.3, -0.25) is 15.5 Å². The summed E-state index contributed by atoms with van der Waals surface area (Å²) in [4.78, 5) is 10.5. The number of nitrogens with zero attached hydrogens (tertiary/aromatic N) is 2. The second-order valence-electron chi connectivity index (χ2n) is 4.09. The monoisotopic (exact) mass is 289 g/mol. The van der Waals surface area contributed by atoms with Gasteiger partial charge in [0.25, 0.3) is 5.69 Å². The first-order valence-corrected chi connectivity index (χ1v) is 6.25. The lowest BCUT2D eigenvalue weighted by molar-refractivity contribution is -0.385. The van der Waals surface area contributed by atoms with Crippen LogP contribution in [0.4, 0.5) is 11.4 Å². The van der Waals surface area contributed by atoms with Crippen molar-refractivity contribution in [1.29, 1.82) is 0 Å². The number of rotatable bonds is 4. The van der Waals surface area contributed by atoms with E-state index in [2.05, 4.69) is 10.5 Å². The van der Waals surface area contributed by atoms with Crippen molar-refractivity contribution in [2.75, 3.05) is 5.43 Å². The van der Waals surface area contributed by atoms with Crippen LogP contribution in [0, 0.1) is 10.1 Å². The Balaban J connectivity index is 2.22. The number of halogens is 1. The Bertz CT molecular complexity index is 654. The number of anilines is 1. The lowest BCUT2D eigenvalue weighted by atomic mass is 10.1. The van der Waals surface area contributed by atoms with E-state index < -0.39 is 4.92 Å². The topological polar surface area (TPSA) is 67.5 Å². The van der Waals surface area contributed by atoms with Crippen LogP contribution in [0.2, 0.25) is 5.02 Å². The average molecular weight is 290 g/mol. The summed E-state index contributed by atoms with van der Waals surface area (Å²) in [5, 5.41) is 15.7. The van der Waals surface area contributed by atoms with E-state index in [1.807, 2.05) is 0 Å². The fraction of sp³-hybridized carbons (Fsp3) is 0.0714. The third-order valence-corrected chi connectivity index (χ3v) is 2.94. The zero-order valence-electron chi connectivity index (χ0n) is 10.7. The van der Waals surface area contributed by atoms with E-state index in [0.717, 1.165) is 5.69 Å². The molecule has 20 heavy (non-hydrogen) atoms. The van der Waals surface area contributed by atoms with E-state index in [1.165, 1.54) is 6.07 Å². The number of hydrogen-bond donors (Lipinski definition) is 1. The number of nitro benzene ring substituents is 1. The minimum atomic E-state index is -0.420. The van der Waals surface area contributed by atoms with Crippen LogP contribution in [-0.4, -0.2) is 10.6 Å². The first kappa shape index (κ1) is 14.0. The van der Waals surface area contributed by atoms with Gasteiger partial charge in [0.1, 0.15) is 0 Å². The summed E-state index contributed by atoms with van der Waals surface area (Å²) in [6.07, 6.45) is 0. The fourth-order valence-electron chi connectivity index (χ4n) is 1.67. The summed E-state index contributed by atoms with van der Waals surface area (Å²) in [6, 6.07) is 13.5. The van der Waals surface area contributed by atoms with Crippen LogP contribution in [0.5, 0.6) is 0 Å². The minimum Gasteiger partial charge on any atom is -0.278 e. The molecule has 1 N–H and O–H groups in total. The van der Waals surface area contributed by atoms with Crippen molar-refractivity contribution >= 4 is 28.7 Å². The quantitative estimate of drug-likeness (QED) is 0.524. The molecule has 0 amide bonds. The van der Waals surface area contributed by atoms with E-state index >= 15 is 0 Å². The normalized spacial score (nSPS) is 11.2. The molecule has 0 fully saturated rings. The van der Waals surface area contributed by atoms with Crippen LogP contribution in [0.1, 0.15) is 12.5 Å². The standard InChI is InChI=1S/C14H12ClN3O2/c1-10(13-4-2-3-5-14(13)18(19)20)16-17-12-8-6-11(15)7-9-12/h2-9,17H,1H3/b16-10-. The molecule has 2 rings (SSSR count). The molecule has 0 unspecified atom stereocenters. The molecule has 0 spiro atoms. The Morgan fingerprint density at radius 3 is 2.50 bits per heavy atom. The molecule has 0 aliphatic heterocycles.